The lowest BCUT2D eigenvalue weighted by molar-refractivity contribution is 0.622. The standard InChI is InChI=1S/C30H21FN2/c1-18-9-11-19(12-10-18)28-15-20-13-14-21(31)16-24(20)30-25-17-32-26-7-4-6-23(29(25)26)22-5-2-3-8-27(22)33(28)30/h2-17,30,32H,1H3. The van der Waals surface area contributed by atoms with E-state index in [-0.39, 0.29) is 11.9 Å². The van der Waals surface area contributed by atoms with E-state index in [2.05, 4.69) is 95.8 Å². The molecule has 1 atom stereocenters. The molecule has 3 heteroatoms. The van der Waals surface area contributed by atoms with Crippen LogP contribution in [0.4, 0.5) is 10.1 Å². The van der Waals surface area contributed by atoms with E-state index in [0.29, 0.717) is 0 Å². The van der Waals surface area contributed by atoms with Crippen LogP contribution in [0, 0.1) is 12.7 Å². The Morgan fingerprint density at radius 2 is 1.64 bits per heavy atom. The second-order valence-electron chi connectivity index (χ2n) is 8.93. The second-order valence-corrected chi connectivity index (χ2v) is 8.93. The van der Waals surface area contributed by atoms with Crippen molar-refractivity contribution in [2.24, 2.45) is 0 Å². The zero-order valence-corrected chi connectivity index (χ0v) is 18.1. The second kappa shape index (κ2) is 6.69. The third-order valence-electron chi connectivity index (χ3n) is 6.99. The Hall–Kier alpha value is -4.11. The molecule has 0 spiro atoms. The first-order valence-electron chi connectivity index (χ1n) is 11.3. The molecule has 0 amide bonds. The highest BCUT2D eigenvalue weighted by Gasteiger charge is 2.37. The molecule has 33 heavy (non-hydrogen) atoms. The van der Waals surface area contributed by atoms with Crippen LogP contribution >= 0.6 is 0 Å². The van der Waals surface area contributed by atoms with Gasteiger partial charge in [-0.3, -0.25) is 0 Å². The van der Waals surface area contributed by atoms with Gasteiger partial charge in [0.1, 0.15) is 5.82 Å². The van der Waals surface area contributed by atoms with Crippen molar-refractivity contribution in [3.05, 3.63) is 125 Å². The molecule has 2 aliphatic heterocycles. The van der Waals surface area contributed by atoms with E-state index in [9.17, 15) is 4.39 Å². The number of para-hydroxylation sites is 1. The number of hydrogen-bond donors (Lipinski definition) is 1. The van der Waals surface area contributed by atoms with E-state index in [1.54, 1.807) is 12.1 Å². The van der Waals surface area contributed by atoms with Crippen LogP contribution in [0.5, 0.6) is 0 Å². The number of halogens is 1. The molecular weight excluding hydrogens is 407 g/mol. The number of nitrogens with one attached hydrogen (secondary N) is 1. The van der Waals surface area contributed by atoms with Crippen molar-refractivity contribution < 1.29 is 4.39 Å². The van der Waals surface area contributed by atoms with E-state index < -0.39 is 0 Å². The molecule has 2 nitrogen and oxygen atoms in total. The largest absolute Gasteiger partial charge is 0.361 e. The number of nitrogens with zero attached hydrogens (tertiary/aromatic N) is 1. The summed E-state index contributed by atoms with van der Waals surface area (Å²) in [6.07, 6.45) is 4.30. The van der Waals surface area contributed by atoms with E-state index in [1.165, 1.54) is 27.6 Å². The minimum Gasteiger partial charge on any atom is -0.361 e. The van der Waals surface area contributed by atoms with E-state index in [0.717, 1.165) is 33.6 Å². The van der Waals surface area contributed by atoms with Gasteiger partial charge in [0.05, 0.1) is 6.04 Å². The van der Waals surface area contributed by atoms with Crippen LogP contribution in [0.1, 0.15) is 33.9 Å². The third kappa shape index (κ3) is 2.59. The van der Waals surface area contributed by atoms with Crippen molar-refractivity contribution >= 4 is 28.4 Å². The number of rotatable bonds is 1. The molecule has 1 unspecified atom stereocenters. The van der Waals surface area contributed by atoms with Crippen molar-refractivity contribution in [3.63, 3.8) is 0 Å². The van der Waals surface area contributed by atoms with E-state index >= 15 is 0 Å². The third-order valence-corrected chi connectivity index (χ3v) is 6.99. The highest BCUT2D eigenvalue weighted by atomic mass is 19.1. The van der Waals surface area contributed by atoms with Gasteiger partial charge in [0.15, 0.2) is 0 Å². The summed E-state index contributed by atoms with van der Waals surface area (Å²) in [7, 11) is 0. The van der Waals surface area contributed by atoms with Crippen LogP contribution in [-0.2, 0) is 0 Å². The molecule has 2 aliphatic rings. The van der Waals surface area contributed by atoms with Gasteiger partial charge in [-0.25, -0.2) is 4.39 Å². The van der Waals surface area contributed by atoms with Gasteiger partial charge in [0.25, 0.3) is 0 Å². The molecule has 1 N–H and O–H groups in total. The quantitative estimate of drug-likeness (QED) is 0.290. The zero-order valence-electron chi connectivity index (χ0n) is 18.1. The first-order chi connectivity index (χ1) is 16.2. The highest BCUT2D eigenvalue weighted by molar-refractivity contribution is 6.07. The Bertz CT molecular complexity index is 1590. The molecule has 7 rings (SSSR count). The molecule has 0 radical (unpaired) electrons. The first-order valence-corrected chi connectivity index (χ1v) is 11.3. The van der Waals surface area contributed by atoms with Crippen LogP contribution in [-0.4, -0.2) is 4.98 Å². The minimum absolute atomic E-state index is 0.143. The van der Waals surface area contributed by atoms with Crippen molar-refractivity contribution in [1.29, 1.82) is 0 Å². The van der Waals surface area contributed by atoms with Crippen molar-refractivity contribution in [3.8, 4) is 11.1 Å². The highest BCUT2D eigenvalue weighted by Crippen LogP contribution is 2.53. The van der Waals surface area contributed by atoms with Gasteiger partial charge in [-0.2, -0.15) is 0 Å². The summed E-state index contributed by atoms with van der Waals surface area (Å²) in [6, 6.07) is 28.7. The van der Waals surface area contributed by atoms with Crippen LogP contribution < -0.4 is 4.90 Å². The van der Waals surface area contributed by atoms with Gasteiger partial charge in [0, 0.05) is 39.6 Å². The molecular formula is C30H21FN2. The smallest absolute Gasteiger partial charge is 0.123 e. The fourth-order valence-electron chi connectivity index (χ4n) is 5.49. The van der Waals surface area contributed by atoms with Gasteiger partial charge >= 0.3 is 0 Å². The number of H-pyrrole nitrogens is 1. The Morgan fingerprint density at radius 3 is 2.52 bits per heavy atom. The molecule has 0 bridgehead atoms. The van der Waals surface area contributed by atoms with Gasteiger partial charge in [-0.05, 0) is 59.5 Å². The predicted octanol–water partition coefficient (Wildman–Crippen LogP) is 7.70. The number of hydrogen-bond acceptors (Lipinski definition) is 1. The van der Waals surface area contributed by atoms with E-state index in [1.807, 2.05) is 6.07 Å². The zero-order chi connectivity index (χ0) is 22.1. The normalized spacial score (nSPS) is 16.0. The van der Waals surface area contributed by atoms with Crippen LogP contribution in [0.25, 0.3) is 33.8 Å². The molecule has 0 saturated carbocycles. The Balaban J connectivity index is 1.63. The predicted molar refractivity (Wildman–Crippen MR) is 134 cm³/mol. The Labute approximate surface area is 191 Å². The Kier molecular flexibility index (Phi) is 3.74. The topological polar surface area (TPSA) is 19.0 Å². The summed E-state index contributed by atoms with van der Waals surface area (Å²) in [4.78, 5) is 5.87. The maximum atomic E-state index is 14.6. The van der Waals surface area contributed by atoms with Crippen LogP contribution in [0.3, 0.4) is 0 Å². The number of aryl methyl sites for hydroxylation is 1. The fourth-order valence-corrected chi connectivity index (χ4v) is 5.49. The fraction of sp³-hybridized carbons (Fsp3) is 0.0667. The molecule has 3 heterocycles. The molecule has 0 fully saturated rings. The van der Waals surface area contributed by atoms with Gasteiger partial charge in [0.2, 0.25) is 0 Å². The number of benzene rings is 4. The maximum absolute atomic E-state index is 14.6. The van der Waals surface area contributed by atoms with Gasteiger partial charge in [-0.15, -0.1) is 0 Å². The number of aromatic nitrogens is 1. The Morgan fingerprint density at radius 1 is 0.818 bits per heavy atom. The summed E-state index contributed by atoms with van der Waals surface area (Å²) in [5.74, 6) is -0.210. The lowest BCUT2D eigenvalue weighted by atomic mass is 9.87. The SMILES string of the molecule is Cc1ccc(C2=Cc3ccc(F)cc3C3c4c[nH]c5cccc(c45)-c4ccccc4N23)cc1. The maximum Gasteiger partial charge on any atom is 0.123 e. The molecule has 158 valence electrons. The summed E-state index contributed by atoms with van der Waals surface area (Å²) in [5, 5.41) is 1.21. The molecule has 0 saturated heterocycles. The number of anilines is 1. The van der Waals surface area contributed by atoms with Crippen molar-refractivity contribution in [2.45, 2.75) is 13.0 Å². The van der Waals surface area contributed by atoms with Crippen LogP contribution in [0.2, 0.25) is 0 Å². The first kappa shape index (κ1) is 18.5. The summed E-state index contributed by atoms with van der Waals surface area (Å²) in [5.41, 5.74) is 11.3. The lowest BCUT2D eigenvalue weighted by Crippen LogP contribution is -2.31. The minimum atomic E-state index is -0.210. The average molecular weight is 429 g/mol. The summed E-state index contributed by atoms with van der Waals surface area (Å²) in [6.45, 7) is 2.11. The van der Waals surface area contributed by atoms with Crippen LogP contribution in [0.15, 0.2) is 91.1 Å². The van der Waals surface area contributed by atoms with E-state index in [4.69, 9.17) is 0 Å². The average Bonchev–Trinajstić information content (AvgIpc) is 3.22. The molecule has 1 aromatic heterocycles. The summed E-state index contributed by atoms with van der Waals surface area (Å²) >= 11 is 0. The number of aromatic amines is 1. The van der Waals surface area contributed by atoms with Gasteiger partial charge in [-0.1, -0.05) is 66.2 Å². The number of fused-ring (bicyclic) bond motifs is 7. The van der Waals surface area contributed by atoms with Crippen molar-refractivity contribution in [2.75, 3.05) is 4.90 Å². The van der Waals surface area contributed by atoms with Gasteiger partial charge < -0.3 is 9.88 Å². The molecule has 5 aromatic rings. The summed E-state index contributed by atoms with van der Waals surface area (Å²) < 4.78 is 14.6. The lowest BCUT2D eigenvalue weighted by Gasteiger charge is -2.39. The van der Waals surface area contributed by atoms with Crippen molar-refractivity contribution in [1.82, 2.24) is 4.98 Å². The molecule has 0 aliphatic carbocycles. The monoisotopic (exact) mass is 428 g/mol. The molecule has 4 aromatic carbocycles.